The van der Waals surface area contributed by atoms with Crippen molar-refractivity contribution in [2.75, 3.05) is 6.61 Å². The molecule has 0 aliphatic heterocycles. The Morgan fingerprint density at radius 3 is 2.40 bits per heavy atom. The molecule has 0 aliphatic carbocycles. The van der Waals surface area contributed by atoms with Gasteiger partial charge in [-0.2, -0.15) is 0 Å². The maximum Gasteiger partial charge on any atom is 0.330 e. The molecular formula is C6H8NO3-. The van der Waals surface area contributed by atoms with E-state index < -0.39 is 0 Å². The van der Waals surface area contributed by atoms with Gasteiger partial charge in [0, 0.05) is 6.08 Å². The van der Waals surface area contributed by atoms with Gasteiger partial charge in [0.2, 0.25) is 0 Å². The van der Waals surface area contributed by atoms with Crippen LogP contribution in [0.25, 0.3) is 5.41 Å². The Morgan fingerprint density at radius 1 is 1.90 bits per heavy atom. The lowest BCUT2D eigenvalue weighted by Crippen LogP contribution is -1.97. The van der Waals surface area contributed by atoms with Crippen LogP contribution >= 0.6 is 0 Å². The molecule has 0 aliphatic rings. The first kappa shape index (κ1) is 11.4. The summed E-state index contributed by atoms with van der Waals surface area (Å²) in [5, 5.41) is 6.76. The van der Waals surface area contributed by atoms with Gasteiger partial charge in [-0.15, -0.1) is 0 Å². The van der Waals surface area contributed by atoms with Gasteiger partial charge in [0.05, 0.1) is 6.61 Å². The lowest BCUT2D eigenvalue weighted by molar-refractivity contribution is -0.137. The van der Waals surface area contributed by atoms with Crippen LogP contribution in [0.3, 0.4) is 0 Å². The molecular weight excluding hydrogens is 134 g/mol. The molecule has 0 N–H and O–H groups in total. The molecule has 4 heteroatoms. The fraction of sp³-hybridized carbons (Fsp3) is 0.333. The summed E-state index contributed by atoms with van der Waals surface area (Å²) in [6.07, 6.45) is 1.64. The summed E-state index contributed by atoms with van der Waals surface area (Å²) < 4.78 is 4.43. The van der Waals surface area contributed by atoms with E-state index in [-0.39, 0.29) is 5.97 Å². The van der Waals surface area contributed by atoms with E-state index in [2.05, 4.69) is 11.3 Å². The van der Waals surface area contributed by atoms with Crippen molar-refractivity contribution in [3.63, 3.8) is 0 Å². The largest absolute Gasteiger partial charge is 0.724 e. The van der Waals surface area contributed by atoms with Crippen molar-refractivity contribution >= 4 is 12.0 Å². The molecule has 10 heavy (non-hydrogen) atoms. The lowest BCUT2D eigenvalue weighted by atomic mass is 10.6. The number of isocyanates is 1. The SMILES string of the molecule is C=CC(=O)OCC.[N-]=C=O. The summed E-state index contributed by atoms with van der Waals surface area (Å²) in [4.78, 5) is 18.3. The van der Waals surface area contributed by atoms with Crippen molar-refractivity contribution in [1.29, 1.82) is 0 Å². The Bertz CT molecular complexity index is 136. The van der Waals surface area contributed by atoms with E-state index in [0.717, 1.165) is 6.08 Å². The molecule has 0 saturated carbocycles. The van der Waals surface area contributed by atoms with E-state index in [1.807, 2.05) is 0 Å². The predicted molar refractivity (Wildman–Crippen MR) is 35.9 cm³/mol. The van der Waals surface area contributed by atoms with Gasteiger partial charge in [0.15, 0.2) is 0 Å². The van der Waals surface area contributed by atoms with Crippen LogP contribution in [0.15, 0.2) is 12.7 Å². The standard InChI is InChI=1S/C5H8O2.CNO/c1-3-5(6)7-4-2;2-1-3/h3H,1,4H2,2H3;/q;-1. The van der Waals surface area contributed by atoms with E-state index in [4.69, 9.17) is 10.2 Å². The number of nitrogens with zero attached hydrogens (tertiary/aromatic N) is 1. The summed E-state index contributed by atoms with van der Waals surface area (Å²) in [6, 6.07) is 0. The maximum absolute atomic E-state index is 10.1. The van der Waals surface area contributed by atoms with Gasteiger partial charge in [-0.1, -0.05) is 6.58 Å². The van der Waals surface area contributed by atoms with Gasteiger partial charge in [-0.25, -0.2) is 4.79 Å². The minimum Gasteiger partial charge on any atom is -0.724 e. The zero-order valence-corrected chi connectivity index (χ0v) is 5.66. The molecule has 0 aromatic rings. The number of hydrogen-bond acceptors (Lipinski definition) is 3. The number of ether oxygens (including phenoxy) is 1. The highest BCUT2D eigenvalue weighted by atomic mass is 16.5. The predicted octanol–water partition coefficient (Wildman–Crippen LogP) is 0.627. The van der Waals surface area contributed by atoms with Crippen LogP contribution in [0, 0.1) is 0 Å². The number of esters is 1. The molecule has 56 valence electrons. The Kier molecular flexibility index (Phi) is 12.0. The Balaban J connectivity index is 0. The first-order chi connectivity index (χ1) is 4.72. The van der Waals surface area contributed by atoms with Crippen molar-refractivity contribution in [1.82, 2.24) is 0 Å². The summed E-state index contributed by atoms with van der Waals surface area (Å²) in [5.74, 6) is -0.359. The Hall–Kier alpha value is -1.41. The van der Waals surface area contributed by atoms with Crippen LogP contribution < -0.4 is 0 Å². The summed E-state index contributed by atoms with van der Waals surface area (Å²) >= 11 is 0. The molecule has 0 amide bonds. The van der Waals surface area contributed by atoms with Gasteiger partial charge in [0.25, 0.3) is 0 Å². The van der Waals surface area contributed by atoms with Crippen molar-refractivity contribution in [2.24, 2.45) is 0 Å². The number of rotatable bonds is 2. The lowest BCUT2D eigenvalue weighted by Gasteiger charge is -1.90. The molecule has 4 nitrogen and oxygen atoms in total. The van der Waals surface area contributed by atoms with Crippen molar-refractivity contribution in [3.05, 3.63) is 18.1 Å². The average molecular weight is 142 g/mol. The minimum absolute atomic E-state index is 0.359. The molecule has 0 unspecified atom stereocenters. The summed E-state index contributed by atoms with van der Waals surface area (Å²) in [6.45, 7) is 5.38. The van der Waals surface area contributed by atoms with Crippen molar-refractivity contribution in [2.45, 2.75) is 6.92 Å². The third-order valence-electron chi connectivity index (χ3n) is 0.453. The highest BCUT2D eigenvalue weighted by molar-refractivity contribution is 5.81. The van der Waals surface area contributed by atoms with Gasteiger partial charge >= 0.3 is 5.97 Å². The van der Waals surface area contributed by atoms with Crippen molar-refractivity contribution < 1.29 is 14.3 Å². The zero-order valence-electron chi connectivity index (χ0n) is 5.66. The van der Waals surface area contributed by atoms with Crippen LogP contribution in [0.4, 0.5) is 0 Å². The fourth-order valence-corrected chi connectivity index (χ4v) is 0.201. The second kappa shape index (κ2) is 10.5. The van der Waals surface area contributed by atoms with Crippen LogP contribution in [0.2, 0.25) is 0 Å². The smallest absolute Gasteiger partial charge is 0.330 e. The first-order valence-electron chi connectivity index (χ1n) is 2.53. The molecule has 0 spiro atoms. The average Bonchev–Trinajstić information content (AvgIpc) is 1.90. The normalized spacial score (nSPS) is 6.10. The first-order valence-corrected chi connectivity index (χ1v) is 2.53. The van der Waals surface area contributed by atoms with Crippen LogP contribution in [-0.2, 0) is 14.3 Å². The molecule has 0 radical (unpaired) electrons. The molecule has 0 aromatic heterocycles. The van der Waals surface area contributed by atoms with Crippen LogP contribution in [0.1, 0.15) is 6.92 Å². The topological polar surface area (TPSA) is 65.7 Å². The molecule has 0 heterocycles. The van der Waals surface area contributed by atoms with Crippen molar-refractivity contribution in [3.8, 4) is 0 Å². The van der Waals surface area contributed by atoms with Gasteiger partial charge < -0.3 is 10.1 Å². The Labute approximate surface area is 59.0 Å². The second-order valence-electron chi connectivity index (χ2n) is 1.05. The Morgan fingerprint density at radius 2 is 2.30 bits per heavy atom. The molecule has 0 bridgehead atoms. The van der Waals surface area contributed by atoms with Crippen LogP contribution in [0.5, 0.6) is 0 Å². The van der Waals surface area contributed by atoms with E-state index in [9.17, 15) is 4.79 Å². The molecule has 0 rings (SSSR count). The van der Waals surface area contributed by atoms with E-state index in [0.29, 0.717) is 12.7 Å². The number of carbonyl (C=O) groups excluding carboxylic acids is 2. The van der Waals surface area contributed by atoms with E-state index in [1.54, 1.807) is 6.92 Å². The molecule has 0 fully saturated rings. The van der Waals surface area contributed by atoms with Crippen LogP contribution in [-0.4, -0.2) is 18.7 Å². The third-order valence-corrected chi connectivity index (χ3v) is 0.453. The summed E-state index contributed by atoms with van der Waals surface area (Å²) in [7, 11) is 0. The van der Waals surface area contributed by atoms with Gasteiger partial charge in [-0.3, -0.25) is 4.79 Å². The highest BCUT2D eigenvalue weighted by Gasteiger charge is 1.86. The van der Waals surface area contributed by atoms with Gasteiger partial charge in [-0.05, 0) is 13.0 Å². The monoisotopic (exact) mass is 142 g/mol. The zero-order chi connectivity index (χ0) is 8.41. The molecule has 0 atom stereocenters. The van der Waals surface area contributed by atoms with Gasteiger partial charge in [0.1, 0.15) is 0 Å². The van der Waals surface area contributed by atoms with E-state index in [1.165, 1.54) is 0 Å². The maximum atomic E-state index is 10.1. The van der Waals surface area contributed by atoms with E-state index >= 15 is 0 Å². The fourth-order valence-electron chi connectivity index (χ4n) is 0.201. The number of carbonyl (C=O) groups is 1. The summed E-state index contributed by atoms with van der Waals surface area (Å²) in [5.41, 5.74) is 0. The molecule has 0 saturated heterocycles. The molecule has 0 aromatic carbocycles. The number of hydrogen-bond donors (Lipinski definition) is 0. The third kappa shape index (κ3) is 16.0. The highest BCUT2D eigenvalue weighted by Crippen LogP contribution is 1.74. The minimum atomic E-state index is -0.359. The second-order valence-corrected chi connectivity index (χ2v) is 1.05. The quantitative estimate of drug-likeness (QED) is 0.246.